The maximum atomic E-state index is 13.5. The molecule has 0 radical (unpaired) electrons. The van der Waals surface area contributed by atoms with E-state index in [1.54, 1.807) is 13.0 Å². The lowest BCUT2D eigenvalue weighted by Crippen LogP contribution is -2.62. The van der Waals surface area contributed by atoms with Crippen LogP contribution in [0.15, 0.2) is 18.2 Å². The Morgan fingerprint density at radius 3 is 2.67 bits per heavy atom. The predicted octanol–water partition coefficient (Wildman–Crippen LogP) is 3.17. The Bertz CT molecular complexity index is 454. The maximum Gasteiger partial charge on any atom is 0.129 e. The van der Waals surface area contributed by atoms with Gasteiger partial charge < -0.3 is 10.5 Å². The Kier molecular flexibility index (Phi) is 2.81. The summed E-state index contributed by atoms with van der Waals surface area (Å²) in [4.78, 5) is 0. The molecular weight excluding hydrogens is 229 g/mol. The molecule has 2 atom stereocenters. The van der Waals surface area contributed by atoms with E-state index in [9.17, 15) is 4.39 Å². The van der Waals surface area contributed by atoms with Gasteiger partial charge in [-0.1, -0.05) is 18.9 Å². The number of ether oxygens (including phenoxy) is 1. The predicted molar refractivity (Wildman–Crippen MR) is 69.0 cm³/mol. The molecule has 0 bridgehead atoms. The largest absolute Gasteiger partial charge is 0.490 e. The van der Waals surface area contributed by atoms with Crippen molar-refractivity contribution in [1.82, 2.24) is 0 Å². The quantitative estimate of drug-likeness (QED) is 0.873. The molecule has 1 aromatic carbocycles. The highest BCUT2D eigenvalue weighted by Crippen LogP contribution is 2.53. The topological polar surface area (TPSA) is 35.2 Å². The van der Waals surface area contributed by atoms with Crippen LogP contribution in [0.5, 0.6) is 5.75 Å². The lowest BCUT2D eigenvalue weighted by molar-refractivity contribution is -0.0621. The molecule has 1 aromatic rings. The number of nitrogens with two attached hydrogens (primary N) is 1. The molecule has 2 unspecified atom stereocenters. The number of halogens is 1. The van der Waals surface area contributed by atoms with Crippen LogP contribution in [0.4, 0.5) is 4.39 Å². The van der Waals surface area contributed by atoms with Gasteiger partial charge in [0, 0.05) is 23.9 Å². The van der Waals surface area contributed by atoms with E-state index in [-0.39, 0.29) is 23.4 Å². The number of rotatable bonds is 2. The molecule has 0 amide bonds. The molecule has 0 aliphatic heterocycles. The van der Waals surface area contributed by atoms with Gasteiger partial charge in [-0.3, -0.25) is 0 Å². The lowest BCUT2D eigenvalue weighted by atomic mass is 9.61. The monoisotopic (exact) mass is 249 g/mol. The van der Waals surface area contributed by atoms with Crippen molar-refractivity contribution in [2.45, 2.75) is 51.2 Å². The molecule has 3 heteroatoms. The van der Waals surface area contributed by atoms with E-state index in [4.69, 9.17) is 10.5 Å². The van der Waals surface area contributed by atoms with Crippen molar-refractivity contribution in [3.63, 3.8) is 0 Å². The lowest BCUT2D eigenvalue weighted by Gasteiger charge is -2.52. The Labute approximate surface area is 107 Å². The first-order valence-electron chi connectivity index (χ1n) is 6.80. The second kappa shape index (κ2) is 4.23. The van der Waals surface area contributed by atoms with E-state index >= 15 is 0 Å². The smallest absolute Gasteiger partial charge is 0.129 e. The third kappa shape index (κ3) is 1.72. The van der Waals surface area contributed by atoms with Crippen LogP contribution in [-0.2, 0) is 0 Å². The first kappa shape index (κ1) is 12.0. The summed E-state index contributed by atoms with van der Waals surface area (Å²) in [5.74, 6) is 0.442. The van der Waals surface area contributed by atoms with Gasteiger partial charge in [0.15, 0.2) is 0 Å². The van der Waals surface area contributed by atoms with Gasteiger partial charge in [0.1, 0.15) is 17.7 Å². The van der Waals surface area contributed by atoms with Gasteiger partial charge in [-0.25, -0.2) is 4.39 Å². The summed E-state index contributed by atoms with van der Waals surface area (Å²) in [5, 5.41) is 0. The summed E-state index contributed by atoms with van der Waals surface area (Å²) < 4.78 is 19.5. The molecule has 0 heterocycles. The van der Waals surface area contributed by atoms with Crippen molar-refractivity contribution in [2.75, 3.05) is 0 Å². The minimum absolute atomic E-state index is 0.168. The normalized spacial score (nSPS) is 29.3. The van der Waals surface area contributed by atoms with Gasteiger partial charge in [-0.2, -0.15) is 0 Å². The summed E-state index contributed by atoms with van der Waals surface area (Å²) in [6.45, 7) is 1.76. The summed E-state index contributed by atoms with van der Waals surface area (Å²) in [6.07, 6.45) is 5.89. The van der Waals surface area contributed by atoms with E-state index < -0.39 is 0 Å². The summed E-state index contributed by atoms with van der Waals surface area (Å²) in [7, 11) is 0. The van der Waals surface area contributed by atoms with Gasteiger partial charge >= 0.3 is 0 Å². The molecule has 18 heavy (non-hydrogen) atoms. The summed E-state index contributed by atoms with van der Waals surface area (Å²) >= 11 is 0. The molecule has 3 rings (SSSR count). The Balaban J connectivity index is 1.75. The zero-order valence-corrected chi connectivity index (χ0v) is 10.8. The summed E-state index contributed by atoms with van der Waals surface area (Å²) in [5.41, 5.74) is 6.99. The van der Waals surface area contributed by atoms with Gasteiger partial charge in [0.2, 0.25) is 0 Å². The molecule has 0 saturated heterocycles. The van der Waals surface area contributed by atoms with Gasteiger partial charge in [-0.15, -0.1) is 0 Å². The fourth-order valence-corrected chi connectivity index (χ4v) is 3.48. The van der Waals surface area contributed by atoms with E-state index in [0.29, 0.717) is 11.3 Å². The third-order valence-corrected chi connectivity index (χ3v) is 4.80. The molecule has 2 saturated carbocycles. The Hall–Kier alpha value is -1.09. The second-order valence-corrected chi connectivity index (χ2v) is 5.80. The van der Waals surface area contributed by atoms with E-state index in [0.717, 1.165) is 19.3 Å². The van der Waals surface area contributed by atoms with Crippen molar-refractivity contribution in [3.05, 3.63) is 29.6 Å². The van der Waals surface area contributed by atoms with Crippen LogP contribution in [-0.4, -0.2) is 12.1 Å². The molecule has 98 valence electrons. The second-order valence-electron chi connectivity index (χ2n) is 5.80. The maximum absolute atomic E-state index is 13.5. The highest BCUT2D eigenvalue weighted by Gasteiger charge is 2.56. The number of hydrogen-bond donors (Lipinski definition) is 1. The van der Waals surface area contributed by atoms with Crippen LogP contribution >= 0.6 is 0 Å². The van der Waals surface area contributed by atoms with Crippen LogP contribution in [0.3, 0.4) is 0 Å². The van der Waals surface area contributed by atoms with Gasteiger partial charge in [-0.05, 0) is 31.4 Å². The van der Waals surface area contributed by atoms with Crippen molar-refractivity contribution < 1.29 is 9.13 Å². The highest BCUT2D eigenvalue weighted by atomic mass is 19.1. The van der Waals surface area contributed by atoms with Crippen molar-refractivity contribution >= 4 is 0 Å². The number of hydrogen-bond acceptors (Lipinski definition) is 2. The molecule has 2 aliphatic rings. The molecule has 1 spiro atoms. The zero-order valence-electron chi connectivity index (χ0n) is 10.8. The first-order valence-corrected chi connectivity index (χ1v) is 6.80. The average Bonchev–Trinajstić information content (AvgIpc) is 2.85. The minimum atomic E-state index is -0.198. The number of aryl methyl sites for hydroxylation is 1. The third-order valence-electron chi connectivity index (χ3n) is 4.80. The van der Waals surface area contributed by atoms with Crippen molar-refractivity contribution in [3.8, 4) is 5.75 Å². The highest BCUT2D eigenvalue weighted by molar-refractivity contribution is 5.29. The molecule has 2 nitrogen and oxygen atoms in total. The molecule has 2 N–H and O–H groups in total. The first-order chi connectivity index (χ1) is 8.62. The van der Waals surface area contributed by atoms with Gasteiger partial charge in [0.05, 0.1) is 0 Å². The SMILES string of the molecule is Cc1ccc(OC2CC(N)C23CCCC3)cc1F. The zero-order chi connectivity index (χ0) is 12.8. The number of benzene rings is 1. The van der Waals surface area contributed by atoms with Crippen LogP contribution in [0, 0.1) is 18.2 Å². The van der Waals surface area contributed by atoms with E-state index in [1.807, 2.05) is 6.07 Å². The molecule has 0 aromatic heterocycles. The van der Waals surface area contributed by atoms with E-state index in [1.165, 1.54) is 18.9 Å². The van der Waals surface area contributed by atoms with Crippen molar-refractivity contribution in [1.29, 1.82) is 0 Å². The van der Waals surface area contributed by atoms with Crippen LogP contribution in [0.2, 0.25) is 0 Å². The standard InChI is InChI=1S/C15H20FNO/c1-10-4-5-11(8-12(10)16)18-14-9-13(17)15(14)6-2-3-7-15/h4-5,8,13-14H,2-3,6-7,9,17H2,1H3. The molecule has 2 fully saturated rings. The van der Waals surface area contributed by atoms with Crippen LogP contribution < -0.4 is 10.5 Å². The van der Waals surface area contributed by atoms with Gasteiger partial charge in [0.25, 0.3) is 0 Å². The Morgan fingerprint density at radius 1 is 1.33 bits per heavy atom. The van der Waals surface area contributed by atoms with Crippen LogP contribution in [0.25, 0.3) is 0 Å². The fraction of sp³-hybridized carbons (Fsp3) is 0.600. The minimum Gasteiger partial charge on any atom is -0.490 e. The molecular formula is C15H20FNO. The van der Waals surface area contributed by atoms with Crippen molar-refractivity contribution in [2.24, 2.45) is 11.1 Å². The average molecular weight is 249 g/mol. The summed E-state index contributed by atoms with van der Waals surface area (Å²) in [6, 6.07) is 5.37. The fourth-order valence-electron chi connectivity index (χ4n) is 3.48. The Morgan fingerprint density at radius 2 is 2.06 bits per heavy atom. The van der Waals surface area contributed by atoms with E-state index in [2.05, 4.69) is 0 Å². The van der Waals surface area contributed by atoms with Crippen LogP contribution in [0.1, 0.15) is 37.7 Å². The molecule has 2 aliphatic carbocycles.